The highest BCUT2D eigenvalue weighted by atomic mass is 35.5. The lowest BCUT2D eigenvalue weighted by molar-refractivity contribution is -0.115. The standard InChI is InChI=1S/C16H14Cl2N2O2/c1-19-16(22)11-3-5-12(6-4-11)20-15(21)9-10-2-7-13(17)14(18)8-10/h2-8H,9H2,1H3,(H,19,22)(H,20,21). The Bertz CT molecular complexity index is 700. The second-order valence-electron chi connectivity index (χ2n) is 4.63. The van der Waals surface area contributed by atoms with Gasteiger partial charge in [0.15, 0.2) is 0 Å². The summed E-state index contributed by atoms with van der Waals surface area (Å²) in [6, 6.07) is 11.7. The molecule has 0 spiro atoms. The lowest BCUT2D eigenvalue weighted by Crippen LogP contribution is -2.18. The first kappa shape index (κ1) is 16.3. The summed E-state index contributed by atoms with van der Waals surface area (Å²) >= 11 is 11.8. The van der Waals surface area contributed by atoms with Crippen LogP contribution in [-0.4, -0.2) is 18.9 Å². The molecule has 114 valence electrons. The SMILES string of the molecule is CNC(=O)c1ccc(NC(=O)Cc2ccc(Cl)c(Cl)c2)cc1. The fourth-order valence-electron chi connectivity index (χ4n) is 1.89. The summed E-state index contributed by atoms with van der Waals surface area (Å²) in [5, 5.41) is 6.17. The van der Waals surface area contributed by atoms with Crippen molar-refractivity contribution in [2.75, 3.05) is 12.4 Å². The van der Waals surface area contributed by atoms with Gasteiger partial charge in [0.2, 0.25) is 5.91 Å². The highest BCUT2D eigenvalue weighted by molar-refractivity contribution is 6.42. The zero-order valence-corrected chi connectivity index (χ0v) is 13.3. The van der Waals surface area contributed by atoms with Gasteiger partial charge in [0.25, 0.3) is 5.91 Å². The molecule has 0 aromatic heterocycles. The molecule has 2 aromatic rings. The Balaban J connectivity index is 1.99. The topological polar surface area (TPSA) is 58.2 Å². The predicted octanol–water partition coefficient (Wildman–Crippen LogP) is 3.53. The monoisotopic (exact) mass is 336 g/mol. The predicted molar refractivity (Wildman–Crippen MR) is 88.6 cm³/mol. The third kappa shape index (κ3) is 4.23. The molecule has 4 nitrogen and oxygen atoms in total. The largest absolute Gasteiger partial charge is 0.355 e. The number of benzene rings is 2. The van der Waals surface area contributed by atoms with Gasteiger partial charge in [0.1, 0.15) is 0 Å². The molecule has 0 aliphatic rings. The molecule has 0 bridgehead atoms. The number of hydrogen-bond acceptors (Lipinski definition) is 2. The minimum atomic E-state index is -0.175. The maximum atomic E-state index is 12.0. The lowest BCUT2D eigenvalue weighted by atomic mass is 10.1. The van der Waals surface area contributed by atoms with Gasteiger partial charge in [0.05, 0.1) is 16.5 Å². The van der Waals surface area contributed by atoms with E-state index in [1.807, 2.05) is 0 Å². The van der Waals surface area contributed by atoms with Crippen LogP contribution in [0.4, 0.5) is 5.69 Å². The third-order valence-corrected chi connectivity index (χ3v) is 3.75. The van der Waals surface area contributed by atoms with E-state index in [4.69, 9.17) is 23.2 Å². The average Bonchev–Trinajstić information content (AvgIpc) is 2.51. The maximum Gasteiger partial charge on any atom is 0.251 e. The van der Waals surface area contributed by atoms with Crippen molar-refractivity contribution in [1.29, 1.82) is 0 Å². The summed E-state index contributed by atoms with van der Waals surface area (Å²) in [7, 11) is 1.56. The molecule has 0 radical (unpaired) electrons. The first-order valence-electron chi connectivity index (χ1n) is 6.55. The first-order valence-corrected chi connectivity index (χ1v) is 7.31. The highest BCUT2D eigenvalue weighted by Crippen LogP contribution is 2.23. The van der Waals surface area contributed by atoms with E-state index in [0.717, 1.165) is 5.56 Å². The van der Waals surface area contributed by atoms with Gasteiger partial charge in [-0.25, -0.2) is 0 Å². The molecule has 2 aromatic carbocycles. The van der Waals surface area contributed by atoms with E-state index in [-0.39, 0.29) is 18.2 Å². The molecule has 0 atom stereocenters. The summed E-state index contributed by atoms with van der Waals surface area (Å²) in [5.41, 5.74) is 1.93. The zero-order chi connectivity index (χ0) is 16.1. The van der Waals surface area contributed by atoms with E-state index < -0.39 is 0 Å². The second-order valence-corrected chi connectivity index (χ2v) is 5.44. The third-order valence-electron chi connectivity index (χ3n) is 3.01. The molecular weight excluding hydrogens is 323 g/mol. The molecule has 2 amide bonds. The van der Waals surface area contributed by atoms with Crippen LogP contribution in [0, 0.1) is 0 Å². The highest BCUT2D eigenvalue weighted by Gasteiger charge is 2.07. The van der Waals surface area contributed by atoms with E-state index in [1.165, 1.54) is 0 Å². The van der Waals surface area contributed by atoms with Crippen LogP contribution in [0.1, 0.15) is 15.9 Å². The van der Waals surface area contributed by atoms with Crippen LogP contribution in [0.25, 0.3) is 0 Å². The number of amides is 2. The average molecular weight is 337 g/mol. The van der Waals surface area contributed by atoms with Gasteiger partial charge in [-0.1, -0.05) is 29.3 Å². The summed E-state index contributed by atoms with van der Waals surface area (Å²) in [6.07, 6.45) is 0.189. The van der Waals surface area contributed by atoms with Crippen molar-refractivity contribution in [3.63, 3.8) is 0 Å². The normalized spacial score (nSPS) is 10.1. The molecular formula is C16H14Cl2N2O2. The Kier molecular flexibility index (Phi) is 5.41. The van der Waals surface area contributed by atoms with Gasteiger partial charge in [-0.3, -0.25) is 9.59 Å². The molecule has 0 fully saturated rings. The van der Waals surface area contributed by atoms with Gasteiger partial charge in [-0.15, -0.1) is 0 Å². The van der Waals surface area contributed by atoms with Crippen LogP contribution in [-0.2, 0) is 11.2 Å². The number of hydrogen-bond donors (Lipinski definition) is 2. The smallest absolute Gasteiger partial charge is 0.251 e. The molecule has 0 saturated heterocycles. The van der Waals surface area contributed by atoms with Crippen molar-refractivity contribution in [1.82, 2.24) is 5.32 Å². The Hall–Kier alpha value is -2.04. The van der Waals surface area contributed by atoms with Crippen LogP contribution < -0.4 is 10.6 Å². The number of anilines is 1. The molecule has 0 aliphatic carbocycles. The summed E-state index contributed by atoms with van der Waals surface area (Å²) in [5.74, 6) is -0.347. The van der Waals surface area contributed by atoms with Gasteiger partial charge in [-0.2, -0.15) is 0 Å². The van der Waals surface area contributed by atoms with Crippen LogP contribution in [0.5, 0.6) is 0 Å². The van der Waals surface area contributed by atoms with Crippen molar-refractivity contribution in [2.45, 2.75) is 6.42 Å². The Morgan fingerprint density at radius 2 is 1.68 bits per heavy atom. The number of rotatable bonds is 4. The van der Waals surface area contributed by atoms with E-state index in [9.17, 15) is 9.59 Å². The Morgan fingerprint density at radius 3 is 2.27 bits per heavy atom. The fourth-order valence-corrected chi connectivity index (χ4v) is 2.21. The van der Waals surface area contributed by atoms with Crippen LogP contribution in [0.2, 0.25) is 10.0 Å². The van der Waals surface area contributed by atoms with Crippen molar-refractivity contribution in [3.05, 3.63) is 63.6 Å². The Labute approximate surface area is 138 Å². The van der Waals surface area contributed by atoms with Crippen LogP contribution >= 0.6 is 23.2 Å². The van der Waals surface area contributed by atoms with Crippen LogP contribution in [0.3, 0.4) is 0 Å². The van der Waals surface area contributed by atoms with Gasteiger partial charge >= 0.3 is 0 Å². The van der Waals surface area contributed by atoms with E-state index in [1.54, 1.807) is 49.5 Å². The second kappa shape index (κ2) is 7.29. The molecule has 0 saturated carbocycles. The van der Waals surface area contributed by atoms with Gasteiger partial charge < -0.3 is 10.6 Å². The molecule has 0 unspecified atom stereocenters. The first-order chi connectivity index (χ1) is 10.5. The summed E-state index contributed by atoms with van der Waals surface area (Å²) in [6.45, 7) is 0. The number of nitrogens with one attached hydrogen (secondary N) is 2. The molecule has 0 heterocycles. The van der Waals surface area contributed by atoms with Gasteiger partial charge in [-0.05, 0) is 42.0 Å². The van der Waals surface area contributed by atoms with E-state index in [0.29, 0.717) is 21.3 Å². The van der Waals surface area contributed by atoms with Crippen molar-refractivity contribution < 1.29 is 9.59 Å². The fraction of sp³-hybridized carbons (Fsp3) is 0.125. The number of carbonyl (C=O) groups is 2. The van der Waals surface area contributed by atoms with Crippen molar-refractivity contribution in [2.24, 2.45) is 0 Å². The maximum absolute atomic E-state index is 12.0. The summed E-state index contributed by atoms with van der Waals surface area (Å²) in [4.78, 5) is 23.4. The molecule has 2 rings (SSSR count). The number of carbonyl (C=O) groups excluding carboxylic acids is 2. The zero-order valence-electron chi connectivity index (χ0n) is 11.8. The molecule has 0 aliphatic heterocycles. The minimum Gasteiger partial charge on any atom is -0.355 e. The lowest BCUT2D eigenvalue weighted by Gasteiger charge is -2.07. The van der Waals surface area contributed by atoms with Gasteiger partial charge in [0, 0.05) is 18.3 Å². The molecule has 22 heavy (non-hydrogen) atoms. The summed E-state index contributed by atoms with van der Waals surface area (Å²) < 4.78 is 0. The Morgan fingerprint density at radius 1 is 1.00 bits per heavy atom. The van der Waals surface area contributed by atoms with E-state index in [2.05, 4.69) is 10.6 Å². The van der Waals surface area contributed by atoms with Crippen molar-refractivity contribution >= 4 is 40.7 Å². The quantitative estimate of drug-likeness (QED) is 0.897. The molecule has 2 N–H and O–H groups in total. The minimum absolute atomic E-state index is 0.173. The van der Waals surface area contributed by atoms with Crippen LogP contribution in [0.15, 0.2) is 42.5 Å². The molecule has 6 heteroatoms. The van der Waals surface area contributed by atoms with E-state index >= 15 is 0 Å². The van der Waals surface area contributed by atoms with Crippen molar-refractivity contribution in [3.8, 4) is 0 Å². The number of halogens is 2.